The zero-order valence-corrected chi connectivity index (χ0v) is 31.4. The van der Waals surface area contributed by atoms with Crippen molar-refractivity contribution in [1.82, 2.24) is 10.2 Å². The molecule has 17 heteroatoms. The van der Waals surface area contributed by atoms with E-state index < -0.39 is 50.2 Å². The van der Waals surface area contributed by atoms with Gasteiger partial charge in [0.05, 0.1) is 10.6 Å². The molecule has 1 fully saturated rings. The van der Waals surface area contributed by atoms with Crippen molar-refractivity contribution >= 4 is 44.9 Å². The first-order chi connectivity index (χ1) is 25.6. The fourth-order valence-electron chi connectivity index (χ4n) is 5.38. The summed E-state index contributed by atoms with van der Waals surface area (Å²) in [6.45, 7) is 6.61. The number of carbonyl (C=O) groups excluding carboxylic acids is 2. The predicted octanol–water partition coefficient (Wildman–Crippen LogP) is 7.79. The second-order valence-corrected chi connectivity index (χ2v) is 13.6. The highest BCUT2D eigenvalue weighted by atomic mass is 32.3. The maximum absolute atomic E-state index is 12.9. The lowest BCUT2D eigenvalue weighted by atomic mass is 9.88. The lowest BCUT2D eigenvalue weighted by molar-refractivity contribution is -0.388. The molecule has 0 aliphatic carbocycles. The molecule has 0 radical (unpaired) electrons. The van der Waals surface area contributed by atoms with Crippen LogP contribution in [0.5, 0.6) is 5.75 Å². The average molecular weight is 787 g/mol. The van der Waals surface area contributed by atoms with Crippen LogP contribution in [-0.2, 0) is 21.4 Å². The van der Waals surface area contributed by atoms with Crippen LogP contribution in [-0.4, -0.2) is 72.1 Å². The molecule has 3 amide bonds. The topological polar surface area (TPSA) is 180 Å². The number of hydrogen-bond donors (Lipinski definition) is 3. The van der Waals surface area contributed by atoms with Gasteiger partial charge in [-0.1, -0.05) is 79.7 Å². The highest BCUT2D eigenvalue weighted by Gasteiger charge is 2.46. The number of halogens is 3. The molecule has 5 rings (SSSR count). The van der Waals surface area contributed by atoms with Crippen LogP contribution in [0.2, 0.25) is 0 Å². The molecule has 1 aliphatic rings. The van der Waals surface area contributed by atoms with Crippen LogP contribution in [0.1, 0.15) is 49.4 Å². The third kappa shape index (κ3) is 12.7. The van der Waals surface area contributed by atoms with Gasteiger partial charge in [0.1, 0.15) is 23.5 Å². The van der Waals surface area contributed by atoms with Crippen molar-refractivity contribution in [2.75, 3.05) is 32.1 Å². The van der Waals surface area contributed by atoms with Crippen molar-refractivity contribution in [2.45, 2.75) is 38.9 Å². The van der Waals surface area contributed by atoms with Crippen LogP contribution in [0.15, 0.2) is 103 Å². The molecule has 55 heavy (non-hydrogen) atoms. The molecule has 3 N–H and O–H groups in total. The Kier molecular flexibility index (Phi) is 14.8. The Morgan fingerprint density at radius 1 is 0.891 bits per heavy atom. The number of nitrogens with one attached hydrogen (secondary N) is 1. The zero-order valence-electron chi connectivity index (χ0n) is 30.6. The fraction of sp³-hybridized carbons (Fsp3) is 0.263. The number of carbonyl (C=O) groups is 2. The first kappa shape index (κ1) is 43.8. The second kappa shape index (κ2) is 18.6. The summed E-state index contributed by atoms with van der Waals surface area (Å²) in [6.07, 6.45) is -4.03. The van der Waals surface area contributed by atoms with Crippen molar-refractivity contribution in [2.24, 2.45) is 0 Å². The van der Waals surface area contributed by atoms with Gasteiger partial charge in [-0.05, 0) is 86.5 Å². The number of amides is 3. The van der Waals surface area contributed by atoms with E-state index in [0.717, 1.165) is 24.8 Å². The minimum absolute atomic E-state index is 0.383. The number of allylic oxidation sites excluding steroid dienone is 1. The summed E-state index contributed by atoms with van der Waals surface area (Å²) in [5.41, 5.74) is 2.04. The summed E-state index contributed by atoms with van der Waals surface area (Å²) in [4.78, 5) is 36.0. The smallest absolute Gasteiger partial charge is 0.423 e. The summed E-state index contributed by atoms with van der Waals surface area (Å²) in [7, 11) is -0.557. The highest BCUT2D eigenvalue weighted by Crippen LogP contribution is 2.39. The standard InChI is InChI=1S/C26H29NO.C12H10F3N3O4.H2O4S/c1-4-25(21-11-7-5-8-12-21)26(22-13-9-6-10-14-22)23-15-17-24(18-16-23)28-20-19-27(2)3;1-11(2)9(19)17(10(20)16-11)6-3-4-8(18(21)22)7(5-6)12(13,14)15;1-5(2,3)4/h5-18H,4,19-20H2,1-3H3;3-5H,1-2H3,(H,16,20);(H2,1,2,3,4)/b26-25-;;. The lowest BCUT2D eigenvalue weighted by Crippen LogP contribution is -2.40. The number of nitro benzene ring substituents is 1. The van der Waals surface area contributed by atoms with E-state index in [1.165, 1.54) is 41.7 Å². The van der Waals surface area contributed by atoms with E-state index in [4.69, 9.17) is 22.3 Å². The van der Waals surface area contributed by atoms with Crippen molar-refractivity contribution < 1.29 is 49.9 Å². The molecule has 294 valence electrons. The predicted molar refractivity (Wildman–Crippen MR) is 202 cm³/mol. The Balaban J connectivity index is 0.000000269. The number of nitro groups is 1. The van der Waals surface area contributed by atoms with Gasteiger partial charge in [0.2, 0.25) is 0 Å². The Labute approximate surface area is 316 Å². The number of benzene rings is 4. The molecular formula is C38H41F3N4O9S. The van der Waals surface area contributed by atoms with E-state index in [1.54, 1.807) is 0 Å². The molecule has 1 saturated heterocycles. The van der Waals surface area contributed by atoms with Crippen LogP contribution in [0, 0.1) is 10.1 Å². The maximum atomic E-state index is 12.9. The third-order valence-corrected chi connectivity index (χ3v) is 7.89. The minimum atomic E-state index is -4.99. The zero-order chi connectivity index (χ0) is 41.1. The van der Waals surface area contributed by atoms with Gasteiger partial charge >= 0.3 is 22.6 Å². The van der Waals surface area contributed by atoms with Gasteiger partial charge in [-0.2, -0.15) is 21.6 Å². The van der Waals surface area contributed by atoms with Gasteiger partial charge in [0.15, 0.2) is 0 Å². The number of anilines is 1. The van der Waals surface area contributed by atoms with Gasteiger partial charge in [-0.3, -0.25) is 24.0 Å². The van der Waals surface area contributed by atoms with E-state index >= 15 is 0 Å². The molecule has 0 aromatic heterocycles. The van der Waals surface area contributed by atoms with Crippen molar-refractivity contribution in [1.29, 1.82) is 0 Å². The molecule has 0 bridgehead atoms. The Morgan fingerprint density at radius 3 is 1.84 bits per heavy atom. The Bertz CT molecular complexity index is 2090. The van der Waals surface area contributed by atoms with Crippen LogP contribution in [0.4, 0.5) is 29.3 Å². The lowest BCUT2D eigenvalue weighted by Gasteiger charge is -2.17. The van der Waals surface area contributed by atoms with E-state index in [-0.39, 0.29) is 5.69 Å². The number of urea groups is 1. The van der Waals surface area contributed by atoms with Crippen LogP contribution in [0.3, 0.4) is 0 Å². The first-order valence-electron chi connectivity index (χ1n) is 16.6. The quantitative estimate of drug-likeness (QED) is 0.0472. The number of nitrogens with zero attached hydrogens (tertiary/aromatic N) is 3. The van der Waals surface area contributed by atoms with E-state index in [1.807, 2.05) is 0 Å². The largest absolute Gasteiger partial charge is 0.492 e. The first-order valence-corrected chi connectivity index (χ1v) is 18.0. The van der Waals surface area contributed by atoms with E-state index in [2.05, 4.69) is 116 Å². The van der Waals surface area contributed by atoms with Crippen LogP contribution >= 0.6 is 0 Å². The molecule has 0 saturated carbocycles. The maximum Gasteiger partial charge on any atom is 0.423 e. The summed E-state index contributed by atoms with van der Waals surface area (Å²) < 4.78 is 76.2. The highest BCUT2D eigenvalue weighted by molar-refractivity contribution is 7.79. The van der Waals surface area contributed by atoms with Gasteiger partial charge in [0.25, 0.3) is 11.6 Å². The minimum Gasteiger partial charge on any atom is -0.492 e. The van der Waals surface area contributed by atoms with Gasteiger partial charge in [-0.25, -0.2) is 9.69 Å². The Morgan fingerprint density at radius 2 is 1.40 bits per heavy atom. The second-order valence-electron chi connectivity index (χ2n) is 12.7. The van der Waals surface area contributed by atoms with Gasteiger partial charge < -0.3 is 15.0 Å². The summed E-state index contributed by atoms with van der Waals surface area (Å²) in [5.74, 6) is 0.162. The molecule has 0 atom stereocenters. The summed E-state index contributed by atoms with van der Waals surface area (Å²) >= 11 is 0. The molecular weight excluding hydrogens is 745 g/mol. The van der Waals surface area contributed by atoms with Gasteiger partial charge in [0, 0.05) is 12.6 Å². The number of hydrogen-bond acceptors (Lipinski definition) is 8. The molecule has 0 unspecified atom stereocenters. The molecule has 1 heterocycles. The number of alkyl halides is 3. The average Bonchev–Trinajstić information content (AvgIpc) is 3.31. The monoisotopic (exact) mass is 786 g/mol. The molecule has 0 spiro atoms. The third-order valence-electron chi connectivity index (χ3n) is 7.89. The van der Waals surface area contributed by atoms with Crippen molar-refractivity contribution in [3.8, 4) is 5.75 Å². The molecule has 4 aromatic rings. The number of rotatable bonds is 10. The van der Waals surface area contributed by atoms with E-state index in [9.17, 15) is 32.9 Å². The summed E-state index contributed by atoms with van der Waals surface area (Å²) in [5, 5.41) is 13.0. The van der Waals surface area contributed by atoms with Crippen molar-refractivity contribution in [3.63, 3.8) is 0 Å². The molecule has 4 aromatic carbocycles. The molecule has 13 nitrogen and oxygen atoms in total. The van der Waals surface area contributed by atoms with Crippen LogP contribution in [0.25, 0.3) is 11.1 Å². The Hall–Kier alpha value is -5.62. The fourth-order valence-corrected chi connectivity index (χ4v) is 5.38. The summed E-state index contributed by atoms with van der Waals surface area (Å²) in [6, 6.07) is 30.9. The SMILES string of the molecule is CC/C(=C(\c1ccccc1)c1ccc(OCCN(C)C)cc1)c1ccccc1.CC1(C)NC(=O)N(c2ccc([N+](=O)[O-])c(C(F)(F)F)c2)C1=O.O=S(=O)(O)O. The number of ether oxygens (including phenoxy) is 1. The number of likely N-dealkylation sites (N-methyl/N-ethyl adjacent to an activating group) is 1. The van der Waals surface area contributed by atoms with E-state index in [0.29, 0.717) is 23.6 Å². The van der Waals surface area contributed by atoms with Crippen molar-refractivity contribution in [3.05, 3.63) is 135 Å². The van der Waals surface area contributed by atoms with Gasteiger partial charge in [-0.15, -0.1) is 0 Å². The normalized spacial score (nSPS) is 14.2. The van der Waals surface area contributed by atoms with Crippen LogP contribution < -0.4 is 15.0 Å². The number of imide groups is 1. The molecule has 1 aliphatic heterocycles.